The van der Waals surface area contributed by atoms with E-state index in [2.05, 4.69) is 0 Å². The predicted molar refractivity (Wildman–Crippen MR) is 118 cm³/mol. The molecule has 0 spiro atoms. The number of esters is 1. The predicted octanol–water partition coefficient (Wildman–Crippen LogP) is 4.47. The van der Waals surface area contributed by atoms with Crippen LogP contribution in [0.5, 0.6) is 0 Å². The Morgan fingerprint density at radius 1 is 1.31 bits per heavy atom. The first-order chi connectivity index (χ1) is 15.3. The average molecular weight is 461 g/mol. The van der Waals surface area contributed by atoms with E-state index >= 15 is 8.78 Å². The van der Waals surface area contributed by atoms with E-state index in [0.717, 1.165) is 42.6 Å². The number of nitrogen functional groups attached to an aromatic ring is 1. The Balaban J connectivity index is 1.81. The second-order valence-corrected chi connectivity index (χ2v) is 9.36. The summed E-state index contributed by atoms with van der Waals surface area (Å²) in [6, 6.07) is 1.58. The summed E-state index contributed by atoms with van der Waals surface area (Å²) in [6.45, 7) is 1.67. The number of aryl methyl sites for hydroxylation is 1. The number of aromatic nitrogens is 1. The van der Waals surface area contributed by atoms with Crippen molar-refractivity contribution >= 4 is 33.9 Å². The molecule has 0 radical (unpaired) electrons. The molecule has 2 aliphatic rings. The molecule has 0 saturated heterocycles. The minimum atomic E-state index is -1.04. The maximum absolute atomic E-state index is 15.9. The van der Waals surface area contributed by atoms with Gasteiger partial charge in [-0.25, -0.2) is 13.6 Å². The van der Waals surface area contributed by atoms with Gasteiger partial charge in [-0.05, 0) is 50.7 Å². The van der Waals surface area contributed by atoms with Crippen LogP contribution in [0.2, 0.25) is 0 Å². The van der Waals surface area contributed by atoms with Gasteiger partial charge in [0.1, 0.15) is 5.56 Å². The summed E-state index contributed by atoms with van der Waals surface area (Å²) in [5.74, 6) is -2.78. The Morgan fingerprint density at radius 3 is 2.72 bits per heavy atom. The molecule has 9 heteroatoms. The summed E-state index contributed by atoms with van der Waals surface area (Å²) >= 11 is 1.14. The maximum atomic E-state index is 15.9. The molecule has 1 saturated carbocycles. The molecular weight excluding hydrogens is 438 g/mol. The van der Waals surface area contributed by atoms with E-state index in [1.807, 2.05) is 0 Å². The van der Waals surface area contributed by atoms with Crippen LogP contribution in [0.25, 0.3) is 21.3 Å². The summed E-state index contributed by atoms with van der Waals surface area (Å²) in [5, 5.41) is 9.94. The molecule has 1 fully saturated rings. The normalized spacial score (nSPS) is 18.1. The number of carbonyl (C=O) groups is 1. The fourth-order valence-electron chi connectivity index (χ4n) is 4.44. The molecule has 2 aliphatic carbocycles. The molecule has 0 bridgehead atoms. The fourth-order valence-corrected chi connectivity index (χ4v) is 5.70. The number of carbonyl (C=O) groups excluding carboxylic acids is 1. The number of hydrogen-bond acceptors (Lipinski definition) is 6. The Morgan fingerprint density at radius 2 is 2.06 bits per heavy atom. The molecule has 1 aromatic carbocycles. The van der Waals surface area contributed by atoms with Crippen molar-refractivity contribution < 1.29 is 23.4 Å². The van der Waals surface area contributed by atoms with Crippen molar-refractivity contribution in [2.24, 2.45) is 0 Å². The highest BCUT2D eigenvalue weighted by atomic mass is 32.1. The van der Waals surface area contributed by atoms with Gasteiger partial charge in [-0.2, -0.15) is 0 Å². The number of aliphatic hydroxyl groups excluding tert-OH is 1. The molecule has 6 nitrogen and oxygen atoms in total. The van der Waals surface area contributed by atoms with Crippen molar-refractivity contribution in [3.05, 3.63) is 50.1 Å². The molecule has 2 aromatic heterocycles. The number of nitrogens with zero attached hydrogens (tertiary/aromatic N) is 1. The highest BCUT2D eigenvalue weighted by molar-refractivity contribution is 7.15. The third-order valence-electron chi connectivity index (χ3n) is 6.14. The van der Waals surface area contributed by atoms with E-state index in [1.165, 1.54) is 10.8 Å². The van der Waals surface area contributed by atoms with Crippen LogP contribution in [-0.4, -0.2) is 22.2 Å². The monoisotopic (exact) mass is 460 g/mol. The van der Waals surface area contributed by atoms with Crippen molar-refractivity contribution in [2.75, 3.05) is 12.3 Å². The number of fused-ring (bicyclic) bond motifs is 2. The second-order valence-electron chi connectivity index (χ2n) is 8.28. The largest absolute Gasteiger partial charge is 0.462 e. The lowest BCUT2D eigenvalue weighted by Gasteiger charge is -2.17. The number of benzene rings is 1. The fraction of sp³-hybridized carbons (Fsp3) is 0.391. The number of hydrogen-bond donors (Lipinski definition) is 2. The van der Waals surface area contributed by atoms with Crippen LogP contribution >= 0.6 is 11.3 Å². The summed E-state index contributed by atoms with van der Waals surface area (Å²) in [5.41, 5.74) is 4.89. The van der Waals surface area contributed by atoms with Crippen molar-refractivity contribution in [1.29, 1.82) is 0 Å². The Kier molecular flexibility index (Phi) is 5.05. The first-order valence-electron chi connectivity index (χ1n) is 10.7. The van der Waals surface area contributed by atoms with E-state index in [0.29, 0.717) is 16.2 Å². The van der Waals surface area contributed by atoms with Gasteiger partial charge in [-0.15, -0.1) is 11.3 Å². The minimum absolute atomic E-state index is 0.0613. The number of nitrogens with two attached hydrogens (primary N) is 1. The third kappa shape index (κ3) is 3.14. The molecule has 3 aromatic rings. The van der Waals surface area contributed by atoms with Gasteiger partial charge in [0, 0.05) is 22.0 Å². The van der Waals surface area contributed by atoms with Crippen molar-refractivity contribution in [3.63, 3.8) is 0 Å². The van der Waals surface area contributed by atoms with Gasteiger partial charge in [0.25, 0.3) is 0 Å². The lowest BCUT2D eigenvalue weighted by molar-refractivity contribution is 0.0524. The molecule has 1 unspecified atom stereocenters. The standard InChI is InChI=1S/C23H22F2N2O4S/c1-2-31-23(30)12-9-27(11-6-7-11)20-16(21(12)29)19(26)17(24)15(18(20)25)14-8-10-4-3-5-13(28)22(10)32-14/h8-9,11,13,28H,2-7,26H2,1H3. The van der Waals surface area contributed by atoms with E-state index in [-0.39, 0.29) is 34.7 Å². The van der Waals surface area contributed by atoms with Crippen molar-refractivity contribution in [1.82, 2.24) is 4.57 Å². The maximum Gasteiger partial charge on any atom is 0.343 e. The number of pyridine rings is 1. The number of thiophene rings is 1. The average Bonchev–Trinajstić information content (AvgIpc) is 3.51. The van der Waals surface area contributed by atoms with Crippen LogP contribution in [0, 0.1) is 11.6 Å². The van der Waals surface area contributed by atoms with Crippen LogP contribution in [0.4, 0.5) is 14.5 Å². The zero-order valence-corrected chi connectivity index (χ0v) is 18.2. The number of aliphatic hydroxyl groups is 1. The highest BCUT2D eigenvalue weighted by Gasteiger charge is 2.33. The Hall–Kier alpha value is -2.78. The minimum Gasteiger partial charge on any atom is -0.462 e. The van der Waals surface area contributed by atoms with Gasteiger partial charge in [-0.1, -0.05) is 0 Å². The summed E-state index contributed by atoms with van der Waals surface area (Å²) in [7, 11) is 0. The molecule has 3 N–H and O–H groups in total. The highest BCUT2D eigenvalue weighted by Crippen LogP contribution is 2.45. The Labute approximate surface area is 186 Å². The van der Waals surface area contributed by atoms with Gasteiger partial charge in [-0.3, -0.25) is 4.79 Å². The van der Waals surface area contributed by atoms with E-state index < -0.39 is 34.8 Å². The Bertz CT molecular complexity index is 1330. The molecule has 0 amide bonds. The molecule has 0 aliphatic heterocycles. The van der Waals surface area contributed by atoms with Crippen LogP contribution in [0.15, 0.2) is 17.1 Å². The molecule has 5 rings (SSSR count). The number of ether oxygens (including phenoxy) is 1. The summed E-state index contributed by atoms with van der Waals surface area (Å²) in [6.07, 6.45) is 4.26. The third-order valence-corrected chi connectivity index (χ3v) is 7.43. The second kappa shape index (κ2) is 7.67. The van der Waals surface area contributed by atoms with Crippen LogP contribution in [-0.2, 0) is 11.2 Å². The molecule has 168 valence electrons. The molecule has 2 heterocycles. The van der Waals surface area contributed by atoms with E-state index in [9.17, 15) is 14.7 Å². The number of anilines is 1. The first kappa shape index (κ1) is 21.1. The number of halogens is 2. The first-order valence-corrected chi connectivity index (χ1v) is 11.5. The zero-order valence-electron chi connectivity index (χ0n) is 17.4. The van der Waals surface area contributed by atoms with Gasteiger partial charge in [0.15, 0.2) is 11.6 Å². The molecule has 32 heavy (non-hydrogen) atoms. The van der Waals surface area contributed by atoms with Gasteiger partial charge in [0.2, 0.25) is 5.43 Å². The van der Waals surface area contributed by atoms with Crippen molar-refractivity contribution in [2.45, 2.75) is 51.2 Å². The quantitative estimate of drug-likeness (QED) is 0.443. The van der Waals surface area contributed by atoms with Gasteiger partial charge < -0.3 is 20.1 Å². The van der Waals surface area contributed by atoms with Crippen LogP contribution in [0.1, 0.15) is 65.6 Å². The molecular formula is C23H22F2N2O4S. The van der Waals surface area contributed by atoms with Gasteiger partial charge >= 0.3 is 5.97 Å². The molecule has 1 atom stereocenters. The van der Waals surface area contributed by atoms with E-state index in [4.69, 9.17) is 10.5 Å². The smallest absolute Gasteiger partial charge is 0.343 e. The zero-order chi connectivity index (χ0) is 22.7. The van der Waals surface area contributed by atoms with E-state index in [1.54, 1.807) is 13.0 Å². The van der Waals surface area contributed by atoms with Crippen LogP contribution < -0.4 is 11.2 Å². The summed E-state index contributed by atoms with van der Waals surface area (Å²) in [4.78, 5) is 26.4. The SMILES string of the molecule is CCOC(=O)c1cn(C2CC2)c2c(F)c(-c3cc4c(s3)C(O)CCC4)c(F)c(N)c2c1=O. The topological polar surface area (TPSA) is 94.6 Å². The summed E-state index contributed by atoms with van der Waals surface area (Å²) < 4.78 is 37.9. The lowest BCUT2D eigenvalue weighted by Crippen LogP contribution is -2.23. The van der Waals surface area contributed by atoms with Crippen molar-refractivity contribution in [3.8, 4) is 10.4 Å². The lowest BCUT2D eigenvalue weighted by atomic mass is 9.96. The van der Waals surface area contributed by atoms with Gasteiger partial charge in [0.05, 0.1) is 34.9 Å². The van der Waals surface area contributed by atoms with Crippen LogP contribution in [0.3, 0.4) is 0 Å². The number of rotatable bonds is 4.